The van der Waals surface area contributed by atoms with Crippen LogP contribution >= 0.6 is 23.7 Å². The van der Waals surface area contributed by atoms with Crippen LogP contribution < -0.4 is 11.1 Å². The standard InChI is InChI=1S/C15H17N3O3S.ClH/c1-2-21-13(19)7-12-9-22-15(17-12)18-14(20)11-5-3-10(8-16)4-6-11;/h3-6,9H,2,7-8,16H2,1H3,(H,17,18,20);1H. The van der Waals surface area contributed by atoms with Gasteiger partial charge in [-0.25, -0.2) is 4.98 Å². The quantitative estimate of drug-likeness (QED) is 0.776. The molecule has 0 aliphatic rings. The summed E-state index contributed by atoms with van der Waals surface area (Å²) in [6, 6.07) is 7.04. The second-order valence-corrected chi connectivity index (χ2v) is 5.34. The van der Waals surface area contributed by atoms with Crippen molar-refractivity contribution in [3.05, 3.63) is 46.5 Å². The number of carbonyl (C=O) groups excluding carboxylic acids is 2. The predicted molar refractivity (Wildman–Crippen MR) is 92.0 cm³/mol. The largest absolute Gasteiger partial charge is 0.466 e. The van der Waals surface area contributed by atoms with E-state index in [4.69, 9.17) is 10.5 Å². The second-order valence-electron chi connectivity index (χ2n) is 4.48. The normalized spacial score (nSPS) is 9.83. The van der Waals surface area contributed by atoms with E-state index in [-0.39, 0.29) is 30.7 Å². The van der Waals surface area contributed by atoms with E-state index < -0.39 is 0 Å². The maximum absolute atomic E-state index is 12.1. The van der Waals surface area contributed by atoms with E-state index in [2.05, 4.69) is 10.3 Å². The number of thiazole rings is 1. The van der Waals surface area contributed by atoms with Crippen molar-refractivity contribution in [3.63, 3.8) is 0 Å². The minimum atomic E-state index is -0.331. The topological polar surface area (TPSA) is 94.3 Å². The zero-order valence-electron chi connectivity index (χ0n) is 12.6. The van der Waals surface area contributed by atoms with Crippen molar-refractivity contribution in [1.29, 1.82) is 0 Å². The molecule has 23 heavy (non-hydrogen) atoms. The third-order valence-corrected chi connectivity index (χ3v) is 3.66. The first-order chi connectivity index (χ1) is 10.6. The van der Waals surface area contributed by atoms with Crippen LogP contribution in [0.15, 0.2) is 29.6 Å². The summed E-state index contributed by atoms with van der Waals surface area (Å²) in [4.78, 5) is 27.6. The van der Waals surface area contributed by atoms with Gasteiger partial charge in [0.25, 0.3) is 5.91 Å². The number of halogens is 1. The molecular weight excluding hydrogens is 338 g/mol. The molecule has 8 heteroatoms. The lowest BCUT2D eigenvalue weighted by atomic mass is 10.1. The number of ether oxygens (including phenoxy) is 1. The van der Waals surface area contributed by atoms with Crippen LogP contribution in [-0.2, 0) is 22.5 Å². The van der Waals surface area contributed by atoms with Gasteiger partial charge in [0.2, 0.25) is 0 Å². The maximum Gasteiger partial charge on any atom is 0.311 e. The van der Waals surface area contributed by atoms with E-state index in [0.717, 1.165) is 5.56 Å². The number of amides is 1. The van der Waals surface area contributed by atoms with Crippen LogP contribution in [0.5, 0.6) is 0 Å². The Morgan fingerprint density at radius 2 is 2.00 bits per heavy atom. The lowest BCUT2D eigenvalue weighted by Crippen LogP contribution is -2.12. The van der Waals surface area contributed by atoms with E-state index in [1.807, 2.05) is 12.1 Å². The number of hydrogen-bond donors (Lipinski definition) is 2. The van der Waals surface area contributed by atoms with Gasteiger partial charge in [-0.2, -0.15) is 0 Å². The summed E-state index contributed by atoms with van der Waals surface area (Å²) in [6.07, 6.45) is 0.103. The summed E-state index contributed by atoms with van der Waals surface area (Å²) in [6.45, 7) is 2.53. The molecule has 0 bridgehead atoms. The van der Waals surface area contributed by atoms with Crippen molar-refractivity contribution in [2.75, 3.05) is 11.9 Å². The Labute approximate surface area is 144 Å². The smallest absolute Gasteiger partial charge is 0.311 e. The van der Waals surface area contributed by atoms with Gasteiger partial charge >= 0.3 is 5.97 Å². The molecule has 0 saturated carbocycles. The average Bonchev–Trinajstić information content (AvgIpc) is 2.94. The van der Waals surface area contributed by atoms with Gasteiger partial charge in [0.05, 0.1) is 18.7 Å². The Morgan fingerprint density at radius 3 is 2.61 bits per heavy atom. The van der Waals surface area contributed by atoms with E-state index in [9.17, 15) is 9.59 Å². The molecule has 1 aromatic carbocycles. The highest BCUT2D eigenvalue weighted by Gasteiger charge is 2.11. The van der Waals surface area contributed by atoms with Crippen molar-refractivity contribution >= 4 is 40.8 Å². The molecule has 0 aliphatic carbocycles. The molecule has 0 fully saturated rings. The van der Waals surface area contributed by atoms with Gasteiger partial charge in [-0.3, -0.25) is 14.9 Å². The molecule has 124 valence electrons. The Kier molecular flexibility index (Phi) is 7.67. The molecule has 3 N–H and O–H groups in total. The van der Waals surface area contributed by atoms with Crippen LogP contribution in [0.3, 0.4) is 0 Å². The molecule has 0 unspecified atom stereocenters. The highest BCUT2D eigenvalue weighted by Crippen LogP contribution is 2.17. The molecule has 0 saturated heterocycles. The number of esters is 1. The van der Waals surface area contributed by atoms with Gasteiger partial charge in [0.1, 0.15) is 0 Å². The summed E-state index contributed by atoms with van der Waals surface area (Å²) in [5.41, 5.74) is 7.59. The molecular formula is C15H18ClN3O3S. The van der Waals surface area contributed by atoms with Gasteiger partial charge in [0, 0.05) is 17.5 Å². The fraction of sp³-hybridized carbons (Fsp3) is 0.267. The molecule has 0 radical (unpaired) electrons. The van der Waals surface area contributed by atoms with E-state index in [1.54, 1.807) is 24.4 Å². The minimum absolute atomic E-state index is 0. The maximum atomic E-state index is 12.1. The van der Waals surface area contributed by atoms with Crippen LogP contribution in [0.25, 0.3) is 0 Å². The van der Waals surface area contributed by atoms with Gasteiger partial charge in [-0.1, -0.05) is 12.1 Å². The minimum Gasteiger partial charge on any atom is -0.466 e. The van der Waals surface area contributed by atoms with E-state index >= 15 is 0 Å². The van der Waals surface area contributed by atoms with Crippen molar-refractivity contribution in [3.8, 4) is 0 Å². The number of rotatable bonds is 6. The number of anilines is 1. The monoisotopic (exact) mass is 355 g/mol. The van der Waals surface area contributed by atoms with Crippen molar-refractivity contribution in [1.82, 2.24) is 4.98 Å². The van der Waals surface area contributed by atoms with Crippen LogP contribution in [-0.4, -0.2) is 23.5 Å². The molecule has 0 aliphatic heterocycles. The Morgan fingerprint density at radius 1 is 1.30 bits per heavy atom. The molecule has 2 rings (SSSR count). The summed E-state index contributed by atoms with van der Waals surface area (Å²) >= 11 is 1.27. The first-order valence-corrected chi connectivity index (χ1v) is 7.70. The lowest BCUT2D eigenvalue weighted by molar-refractivity contribution is -0.142. The number of benzene rings is 1. The number of aromatic nitrogens is 1. The number of nitrogens with two attached hydrogens (primary N) is 1. The van der Waals surface area contributed by atoms with Crippen molar-refractivity contribution in [2.24, 2.45) is 5.73 Å². The van der Waals surface area contributed by atoms with Crippen LogP contribution in [0.2, 0.25) is 0 Å². The SMILES string of the molecule is CCOC(=O)Cc1csc(NC(=O)c2ccc(CN)cc2)n1.Cl. The Balaban J connectivity index is 0.00000264. The average molecular weight is 356 g/mol. The fourth-order valence-electron chi connectivity index (χ4n) is 1.77. The molecule has 0 atom stereocenters. The Hall–Kier alpha value is -1.96. The van der Waals surface area contributed by atoms with Crippen LogP contribution in [0.4, 0.5) is 5.13 Å². The van der Waals surface area contributed by atoms with E-state index in [1.165, 1.54) is 11.3 Å². The van der Waals surface area contributed by atoms with Crippen LogP contribution in [0, 0.1) is 0 Å². The van der Waals surface area contributed by atoms with Gasteiger partial charge in [-0.15, -0.1) is 23.7 Å². The predicted octanol–water partition coefficient (Wildman–Crippen LogP) is 2.38. The molecule has 1 heterocycles. The number of nitrogens with one attached hydrogen (secondary N) is 1. The first-order valence-electron chi connectivity index (χ1n) is 6.82. The van der Waals surface area contributed by atoms with Gasteiger partial charge < -0.3 is 10.5 Å². The zero-order chi connectivity index (χ0) is 15.9. The Bertz CT molecular complexity index is 658. The van der Waals surface area contributed by atoms with Crippen LogP contribution in [0.1, 0.15) is 28.5 Å². The van der Waals surface area contributed by atoms with E-state index in [0.29, 0.717) is 29.5 Å². The van der Waals surface area contributed by atoms with Crippen molar-refractivity contribution in [2.45, 2.75) is 19.9 Å². The second kappa shape index (κ2) is 9.24. The highest BCUT2D eigenvalue weighted by atomic mass is 35.5. The molecule has 0 spiro atoms. The van der Waals surface area contributed by atoms with Gasteiger partial charge in [0.15, 0.2) is 5.13 Å². The lowest BCUT2D eigenvalue weighted by Gasteiger charge is -2.03. The third-order valence-electron chi connectivity index (χ3n) is 2.85. The highest BCUT2D eigenvalue weighted by molar-refractivity contribution is 7.14. The summed E-state index contributed by atoms with van der Waals surface area (Å²) in [7, 11) is 0. The summed E-state index contributed by atoms with van der Waals surface area (Å²) in [5.74, 6) is -0.580. The number of hydrogen-bond acceptors (Lipinski definition) is 6. The van der Waals surface area contributed by atoms with Gasteiger partial charge in [-0.05, 0) is 24.6 Å². The third kappa shape index (κ3) is 5.63. The first kappa shape index (κ1) is 19.1. The number of nitrogens with zero attached hydrogens (tertiary/aromatic N) is 1. The molecule has 1 aromatic heterocycles. The summed E-state index contributed by atoms with van der Waals surface area (Å²) < 4.78 is 4.86. The number of carbonyl (C=O) groups is 2. The molecule has 1 amide bonds. The summed E-state index contributed by atoms with van der Waals surface area (Å²) in [5, 5.41) is 4.88. The fourth-order valence-corrected chi connectivity index (χ4v) is 2.47. The molecule has 6 nitrogen and oxygen atoms in total. The molecule has 2 aromatic rings. The zero-order valence-corrected chi connectivity index (χ0v) is 14.2. The van der Waals surface area contributed by atoms with Crippen molar-refractivity contribution < 1.29 is 14.3 Å².